The van der Waals surface area contributed by atoms with Crippen LogP contribution in [-0.2, 0) is 12.4 Å². The van der Waals surface area contributed by atoms with E-state index in [1.165, 1.54) is 22.3 Å². The van der Waals surface area contributed by atoms with E-state index in [-0.39, 0.29) is 17.4 Å². The average Bonchev–Trinajstić information content (AvgIpc) is 2.89. The van der Waals surface area contributed by atoms with Gasteiger partial charge in [-0.15, -0.1) is 5.10 Å². The zero-order valence-corrected chi connectivity index (χ0v) is 11.2. The Labute approximate surface area is 118 Å². The van der Waals surface area contributed by atoms with E-state index in [0.29, 0.717) is 10.9 Å². The van der Waals surface area contributed by atoms with Gasteiger partial charge in [0.1, 0.15) is 6.67 Å². The number of nitrogens with zero attached hydrogens (tertiary/aromatic N) is 4. The van der Waals surface area contributed by atoms with Gasteiger partial charge in [-0.25, -0.2) is 9.37 Å². The standard InChI is InChI=1S/C13H11FN4OS/c14-7-10-6-11(19)18-12(15-10)16-13(17-18)20-8-9-4-2-1-3-5-9/h1-6,19H,7-8H2. The molecule has 7 heteroatoms. The quantitative estimate of drug-likeness (QED) is 0.748. The van der Waals surface area contributed by atoms with Gasteiger partial charge in [0.05, 0.1) is 5.69 Å². The predicted octanol–water partition coefficient (Wildman–Crippen LogP) is 2.59. The van der Waals surface area contributed by atoms with Crippen LogP contribution in [-0.4, -0.2) is 24.7 Å². The molecule has 0 aliphatic rings. The number of thioether (sulfide) groups is 1. The average molecular weight is 290 g/mol. The summed E-state index contributed by atoms with van der Waals surface area (Å²) in [7, 11) is 0. The van der Waals surface area contributed by atoms with Crippen molar-refractivity contribution in [3.05, 3.63) is 47.7 Å². The molecule has 0 aliphatic carbocycles. The van der Waals surface area contributed by atoms with E-state index in [2.05, 4.69) is 15.1 Å². The maximum atomic E-state index is 12.6. The molecule has 1 N–H and O–H groups in total. The molecule has 0 fully saturated rings. The number of benzene rings is 1. The van der Waals surface area contributed by atoms with Crippen molar-refractivity contribution in [3.8, 4) is 5.88 Å². The van der Waals surface area contributed by atoms with Gasteiger partial charge in [0.15, 0.2) is 0 Å². The lowest BCUT2D eigenvalue weighted by Gasteiger charge is -1.97. The summed E-state index contributed by atoms with van der Waals surface area (Å²) in [6, 6.07) is 11.2. The fraction of sp³-hybridized carbons (Fsp3) is 0.154. The molecule has 3 aromatic rings. The second-order valence-electron chi connectivity index (χ2n) is 4.12. The van der Waals surface area contributed by atoms with Gasteiger partial charge >= 0.3 is 0 Å². The first-order valence-corrected chi connectivity index (χ1v) is 6.93. The van der Waals surface area contributed by atoms with Crippen molar-refractivity contribution in [2.45, 2.75) is 17.6 Å². The maximum absolute atomic E-state index is 12.6. The first kappa shape index (κ1) is 12.9. The monoisotopic (exact) mass is 290 g/mol. The molecule has 0 spiro atoms. The summed E-state index contributed by atoms with van der Waals surface area (Å²) in [5.74, 6) is 0.754. The molecule has 0 unspecified atom stereocenters. The Bertz CT molecular complexity index is 732. The van der Waals surface area contributed by atoms with E-state index in [0.717, 1.165) is 5.56 Å². The van der Waals surface area contributed by atoms with Crippen LogP contribution in [0.1, 0.15) is 11.3 Å². The lowest BCUT2D eigenvalue weighted by Crippen LogP contribution is -1.95. The van der Waals surface area contributed by atoms with Crippen molar-refractivity contribution in [3.63, 3.8) is 0 Å². The lowest BCUT2D eigenvalue weighted by molar-refractivity contribution is 0.425. The van der Waals surface area contributed by atoms with Crippen LogP contribution >= 0.6 is 11.8 Å². The normalized spacial score (nSPS) is 11.1. The Morgan fingerprint density at radius 3 is 2.75 bits per heavy atom. The second-order valence-corrected chi connectivity index (χ2v) is 5.06. The molecule has 20 heavy (non-hydrogen) atoms. The smallest absolute Gasteiger partial charge is 0.256 e. The summed E-state index contributed by atoms with van der Waals surface area (Å²) in [6.45, 7) is -0.747. The molecule has 2 aromatic heterocycles. The first-order valence-electron chi connectivity index (χ1n) is 5.94. The van der Waals surface area contributed by atoms with E-state index in [4.69, 9.17) is 0 Å². The summed E-state index contributed by atoms with van der Waals surface area (Å²) in [5.41, 5.74) is 1.29. The van der Waals surface area contributed by atoms with Gasteiger partial charge in [-0.2, -0.15) is 9.50 Å². The third kappa shape index (κ3) is 2.57. The molecule has 2 heterocycles. The van der Waals surface area contributed by atoms with Crippen LogP contribution in [0.3, 0.4) is 0 Å². The van der Waals surface area contributed by atoms with Gasteiger partial charge < -0.3 is 5.11 Å². The van der Waals surface area contributed by atoms with E-state index in [1.54, 1.807) is 0 Å². The molecule has 0 radical (unpaired) electrons. The van der Waals surface area contributed by atoms with Crippen molar-refractivity contribution in [1.82, 2.24) is 19.6 Å². The SMILES string of the molecule is Oc1cc(CF)nc2nc(SCc3ccccc3)nn12. The fourth-order valence-corrected chi connectivity index (χ4v) is 2.51. The van der Waals surface area contributed by atoms with Gasteiger partial charge in [0.25, 0.3) is 5.78 Å². The highest BCUT2D eigenvalue weighted by molar-refractivity contribution is 7.98. The molecule has 0 aliphatic heterocycles. The minimum absolute atomic E-state index is 0.141. The van der Waals surface area contributed by atoms with Crippen molar-refractivity contribution in [2.75, 3.05) is 0 Å². The van der Waals surface area contributed by atoms with Crippen molar-refractivity contribution in [2.24, 2.45) is 0 Å². The number of rotatable bonds is 4. The minimum Gasteiger partial charge on any atom is -0.493 e. The molecule has 0 bridgehead atoms. The molecule has 102 valence electrons. The van der Waals surface area contributed by atoms with E-state index < -0.39 is 6.67 Å². The third-order valence-corrected chi connectivity index (χ3v) is 3.58. The zero-order valence-electron chi connectivity index (χ0n) is 10.4. The molecular weight excluding hydrogens is 279 g/mol. The van der Waals surface area contributed by atoms with Crippen LogP contribution in [0, 0.1) is 0 Å². The third-order valence-electron chi connectivity index (χ3n) is 2.67. The van der Waals surface area contributed by atoms with Crippen LogP contribution in [0.25, 0.3) is 5.78 Å². The molecule has 5 nitrogen and oxygen atoms in total. The topological polar surface area (TPSA) is 63.3 Å². The summed E-state index contributed by atoms with van der Waals surface area (Å²) in [4.78, 5) is 8.15. The molecular formula is C13H11FN4OS. The molecule has 3 rings (SSSR count). The minimum atomic E-state index is -0.747. The lowest BCUT2D eigenvalue weighted by atomic mass is 10.2. The highest BCUT2D eigenvalue weighted by Crippen LogP contribution is 2.21. The second kappa shape index (κ2) is 5.46. The molecule has 0 amide bonds. The fourth-order valence-electron chi connectivity index (χ4n) is 1.73. The number of hydrogen-bond donors (Lipinski definition) is 1. The summed E-state index contributed by atoms with van der Waals surface area (Å²) >= 11 is 1.43. The van der Waals surface area contributed by atoms with Crippen LogP contribution < -0.4 is 0 Å². The van der Waals surface area contributed by atoms with Gasteiger partial charge in [0, 0.05) is 11.8 Å². The van der Waals surface area contributed by atoms with Crippen molar-refractivity contribution in [1.29, 1.82) is 0 Å². The van der Waals surface area contributed by atoms with Gasteiger partial charge in [-0.3, -0.25) is 0 Å². The Balaban J connectivity index is 1.84. The van der Waals surface area contributed by atoms with Gasteiger partial charge in [0.2, 0.25) is 11.0 Å². The number of hydrogen-bond acceptors (Lipinski definition) is 5. The van der Waals surface area contributed by atoms with Crippen LogP contribution in [0.2, 0.25) is 0 Å². The van der Waals surface area contributed by atoms with E-state index in [1.807, 2.05) is 30.3 Å². The highest BCUT2D eigenvalue weighted by Gasteiger charge is 2.10. The highest BCUT2D eigenvalue weighted by atomic mass is 32.2. The van der Waals surface area contributed by atoms with Crippen LogP contribution in [0.5, 0.6) is 5.88 Å². The van der Waals surface area contributed by atoms with E-state index in [9.17, 15) is 9.50 Å². The maximum Gasteiger partial charge on any atom is 0.256 e. The Morgan fingerprint density at radius 1 is 1.20 bits per heavy atom. The van der Waals surface area contributed by atoms with E-state index >= 15 is 0 Å². The number of halogens is 1. The Morgan fingerprint density at radius 2 is 2.00 bits per heavy atom. The Kier molecular flexibility index (Phi) is 3.51. The van der Waals surface area contributed by atoms with Gasteiger partial charge in [-0.05, 0) is 5.56 Å². The molecule has 0 saturated carbocycles. The summed E-state index contributed by atoms with van der Waals surface area (Å²) in [6.07, 6.45) is 0. The summed E-state index contributed by atoms with van der Waals surface area (Å²) in [5, 5.41) is 14.4. The van der Waals surface area contributed by atoms with Crippen LogP contribution in [0.4, 0.5) is 4.39 Å². The van der Waals surface area contributed by atoms with Crippen LogP contribution in [0.15, 0.2) is 41.6 Å². The summed E-state index contributed by atoms with van der Waals surface area (Å²) < 4.78 is 13.8. The van der Waals surface area contributed by atoms with Crippen molar-refractivity contribution < 1.29 is 9.50 Å². The first-order chi connectivity index (χ1) is 9.76. The number of aromatic hydroxyl groups is 1. The number of fused-ring (bicyclic) bond motifs is 1. The molecule has 0 atom stereocenters. The zero-order chi connectivity index (χ0) is 13.9. The van der Waals surface area contributed by atoms with Gasteiger partial charge in [-0.1, -0.05) is 42.1 Å². The van der Waals surface area contributed by atoms with Crippen molar-refractivity contribution >= 4 is 17.5 Å². The number of aromatic nitrogens is 4. The predicted molar refractivity (Wildman–Crippen MR) is 73.3 cm³/mol. The Hall–Kier alpha value is -2.15. The molecule has 1 aromatic carbocycles. The largest absolute Gasteiger partial charge is 0.493 e. The number of alkyl halides is 1. The molecule has 0 saturated heterocycles.